The number of rotatable bonds is 8. The number of hydrogen-bond donors (Lipinski definition) is 0. The smallest absolute Gasteiger partial charge is 0.0619 e. The summed E-state index contributed by atoms with van der Waals surface area (Å²) < 4.78 is 7.19. The van der Waals surface area contributed by atoms with E-state index in [4.69, 9.17) is 0 Å². The van der Waals surface area contributed by atoms with Gasteiger partial charge in [-0.15, -0.1) is 0 Å². The Kier molecular flexibility index (Phi) is 17.0. The fraction of sp³-hybridized carbons (Fsp3) is 0. The first-order valence-corrected chi connectivity index (χ1v) is 42.5. The zero-order valence-electron chi connectivity index (χ0n) is 67.3. The Morgan fingerprint density at radius 3 is 0.724 bits per heavy atom. The molecule has 26 rings (SSSR count). The van der Waals surface area contributed by atoms with Crippen LogP contribution >= 0.6 is 0 Å². The lowest BCUT2D eigenvalue weighted by Crippen LogP contribution is -1.95. The van der Waals surface area contributed by atoms with Crippen LogP contribution in [0.2, 0.25) is 0 Å². The topological polar surface area (TPSA) is 14.8 Å². The standard InChI is InChI=1S/2C42H27N.C36H23N/c1-2-14-31(15-3-1)43-41-23-9-8-20-38(41)39-22-11-21-32(42(39)43)30-13-10-12-28(26-30)29-24-25-37-35-18-5-4-16-33(35)34-17-6-7-19-36(34)40(37)27-29;1-2-14-31(15-3-1)43-40-22-9-8-20-38(40)42-32(21-11-23-41(42)43)30-13-10-12-28(26-30)29-24-25-37-35-18-5-4-16-33(35)34-17-6-7-19-36(34)39(37)27-29;1-2-11-25(12-3-1)37-34-19-9-8-17-32(34)36-26(18-10-20-35(36)37)24-21-22-31-29-15-5-4-13-27(29)28-14-6-7-16-30(28)33(31)23-24/h2*1-27H;1-23H. The molecule has 0 aliphatic rings. The molecule has 3 heteroatoms. The minimum Gasteiger partial charge on any atom is -0.309 e. The van der Waals surface area contributed by atoms with E-state index in [1.165, 1.54) is 235 Å². The van der Waals surface area contributed by atoms with Crippen LogP contribution in [0, 0.1) is 0 Å². The van der Waals surface area contributed by atoms with Gasteiger partial charge in [0.05, 0.1) is 33.1 Å². The highest BCUT2D eigenvalue weighted by atomic mass is 15.0. The maximum absolute atomic E-state index is 2.42. The van der Waals surface area contributed by atoms with Crippen LogP contribution in [0.25, 0.3) is 235 Å². The third kappa shape index (κ3) is 11.7. The minimum absolute atomic E-state index is 1.17. The highest BCUT2D eigenvalue weighted by molar-refractivity contribution is 6.29. The predicted molar refractivity (Wildman–Crippen MR) is 527 cm³/mol. The highest BCUT2D eigenvalue weighted by Gasteiger charge is 2.23. The summed E-state index contributed by atoms with van der Waals surface area (Å²) in [5.41, 5.74) is 23.2. The van der Waals surface area contributed by atoms with Crippen LogP contribution in [-0.4, -0.2) is 13.7 Å². The highest BCUT2D eigenvalue weighted by Crippen LogP contribution is 2.47. The summed E-state index contributed by atoms with van der Waals surface area (Å²) in [6.07, 6.45) is 0. The Hall–Kier alpha value is -16.2. The molecular weight excluding hydrogens is 1480 g/mol. The van der Waals surface area contributed by atoms with Crippen LogP contribution < -0.4 is 0 Å². The van der Waals surface area contributed by atoms with Crippen LogP contribution in [0.1, 0.15) is 0 Å². The van der Waals surface area contributed by atoms with Gasteiger partial charge >= 0.3 is 0 Å². The number of para-hydroxylation sites is 7. The quantitative estimate of drug-likeness (QED) is 0.135. The second-order valence-corrected chi connectivity index (χ2v) is 32.4. The van der Waals surface area contributed by atoms with Gasteiger partial charge in [-0.25, -0.2) is 0 Å². The van der Waals surface area contributed by atoms with E-state index >= 15 is 0 Å². The normalized spacial score (nSPS) is 11.7. The fourth-order valence-electron chi connectivity index (χ4n) is 20.3. The lowest BCUT2D eigenvalue weighted by Gasteiger charge is -2.14. The van der Waals surface area contributed by atoms with E-state index in [1.54, 1.807) is 0 Å². The zero-order valence-corrected chi connectivity index (χ0v) is 67.3. The maximum atomic E-state index is 2.42. The Labute approximate surface area is 710 Å². The molecule has 3 nitrogen and oxygen atoms in total. The molecule has 0 fully saturated rings. The van der Waals surface area contributed by atoms with Gasteiger partial charge in [0, 0.05) is 54.9 Å². The lowest BCUT2D eigenvalue weighted by molar-refractivity contribution is 1.18. The SMILES string of the molecule is c1ccc(-n2c3ccccc3c3c(-c4ccc5c6ccccc6c6ccccc6c5c4)cccc32)cc1.c1ccc(-n2c3ccccc3c3c(-c4cccc(-c5ccc6c7ccccc7c7ccccc7c6c5)c4)cccc32)cc1.c1ccc(-n2c3ccccc3c3cccc(-c4cccc(-c5ccc6c7ccccc7c7ccccc7c6c5)c4)c32)cc1. The molecule has 0 spiro atoms. The molecular formula is C120H77N3. The molecule has 0 saturated carbocycles. The Morgan fingerprint density at radius 1 is 0.114 bits per heavy atom. The monoisotopic (exact) mass is 1560 g/mol. The first-order chi connectivity index (χ1) is 61.1. The molecule has 0 aliphatic carbocycles. The number of hydrogen-bond acceptors (Lipinski definition) is 0. The summed E-state index contributed by atoms with van der Waals surface area (Å²) >= 11 is 0. The molecule has 0 N–H and O–H groups in total. The van der Waals surface area contributed by atoms with Gasteiger partial charge in [-0.3, -0.25) is 0 Å². The van der Waals surface area contributed by atoms with Crippen molar-refractivity contribution in [1.29, 1.82) is 0 Å². The third-order valence-corrected chi connectivity index (χ3v) is 25.7. The van der Waals surface area contributed by atoms with Crippen molar-refractivity contribution >= 4 is 162 Å². The summed E-state index contributed by atoms with van der Waals surface area (Å²) in [7, 11) is 0. The van der Waals surface area contributed by atoms with Gasteiger partial charge in [0.1, 0.15) is 0 Å². The fourth-order valence-corrected chi connectivity index (χ4v) is 20.3. The van der Waals surface area contributed by atoms with Crippen LogP contribution in [0.4, 0.5) is 0 Å². The number of fused-ring (bicyclic) bond motifs is 27. The van der Waals surface area contributed by atoms with Crippen molar-refractivity contribution in [1.82, 2.24) is 13.7 Å². The largest absolute Gasteiger partial charge is 0.309 e. The number of aromatic nitrogens is 3. The van der Waals surface area contributed by atoms with Crippen molar-refractivity contribution in [3.8, 4) is 72.7 Å². The molecule has 23 aromatic carbocycles. The van der Waals surface area contributed by atoms with E-state index in [0.717, 1.165) is 0 Å². The third-order valence-electron chi connectivity index (χ3n) is 25.7. The van der Waals surface area contributed by atoms with E-state index in [1.807, 2.05) is 0 Å². The molecule has 0 unspecified atom stereocenters. The van der Waals surface area contributed by atoms with E-state index in [2.05, 4.69) is 481 Å². The molecule has 572 valence electrons. The Balaban J connectivity index is 0.000000104. The average molecular weight is 1560 g/mol. The van der Waals surface area contributed by atoms with Crippen molar-refractivity contribution in [3.63, 3.8) is 0 Å². The minimum atomic E-state index is 1.17. The summed E-state index contributed by atoms with van der Waals surface area (Å²) in [5.74, 6) is 0. The van der Waals surface area contributed by atoms with Crippen LogP contribution in [0.5, 0.6) is 0 Å². The van der Waals surface area contributed by atoms with E-state index in [9.17, 15) is 0 Å². The van der Waals surface area contributed by atoms with E-state index < -0.39 is 0 Å². The molecule has 3 aromatic heterocycles. The Morgan fingerprint density at radius 2 is 0.341 bits per heavy atom. The van der Waals surface area contributed by atoms with Crippen molar-refractivity contribution in [2.75, 3.05) is 0 Å². The molecule has 0 radical (unpaired) electrons. The summed E-state index contributed by atoms with van der Waals surface area (Å²) in [6, 6.07) is 170. The van der Waals surface area contributed by atoms with Crippen molar-refractivity contribution < 1.29 is 0 Å². The predicted octanol–water partition coefficient (Wildman–Crippen LogP) is 33.1. The second-order valence-electron chi connectivity index (χ2n) is 32.4. The molecule has 0 bridgehead atoms. The molecule has 0 amide bonds. The summed E-state index contributed by atoms with van der Waals surface area (Å²) in [4.78, 5) is 0. The molecule has 0 aliphatic heterocycles. The lowest BCUT2D eigenvalue weighted by atomic mass is 9.91. The van der Waals surface area contributed by atoms with Gasteiger partial charge in [0.2, 0.25) is 0 Å². The molecule has 123 heavy (non-hydrogen) atoms. The van der Waals surface area contributed by atoms with Gasteiger partial charge in [0.25, 0.3) is 0 Å². The van der Waals surface area contributed by atoms with Gasteiger partial charge in [-0.1, -0.05) is 370 Å². The first-order valence-electron chi connectivity index (χ1n) is 42.5. The summed E-state index contributed by atoms with van der Waals surface area (Å²) in [6.45, 7) is 0. The molecule has 3 heterocycles. The van der Waals surface area contributed by atoms with Crippen LogP contribution in [0.3, 0.4) is 0 Å². The maximum Gasteiger partial charge on any atom is 0.0619 e. The molecule has 0 atom stereocenters. The van der Waals surface area contributed by atoms with Gasteiger partial charge in [0.15, 0.2) is 0 Å². The van der Waals surface area contributed by atoms with Gasteiger partial charge in [-0.05, 0) is 244 Å². The van der Waals surface area contributed by atoms with E-state index in [-0.39, 0.29) is 0 Å². The van der Waals surface area contributed by atoms with Gasteiger partial charge in [-0.2, -0.15) is 0 Å². The molecule has 26 aromatic rings. The van der Waals surface area contributed by atoms with E-state index in [0.29, 0.717) is 0 Å². The van der Waals surface area contributed by atoms with Crippen molar-refractivity contribution in [3.05, 3.63) is 467 Å². The summed E-state index contributed by atoms with van der Waals surface area (Å²) in [5, 5.41) is 31.1. The van der Waals surface area contributed by atoms with Crippen molar-refractivity contribution in [2.45, 2.75) is 0 Å². The van der Waals surface area contributed by atoms with Crippen LogP contribution in [-0.2, 0) is 0 Å². The Bertz CT molecular complexity index is 8630. The molecule has 0 saturated heterocycles. The zero-order chi connectivity index (χ0) is 81.0. The van der Waals surface area contributed by atoms with Crippen molar-refractivity contribution in [2.24, 2.45) is 0 Å². The number of benzene rings is 23. The van der Waals surface area contributed by atoms with Gasteiger partial charge < -0.3 is 13.7 Å². The number of nitrogens with zero attached hydrogens (tertiary/aromatic N) is 3. The average Bonchev–Trinajstić information content (AvgIpc) is 1.61. The first kappa shape index (κ1) is 71.0. The van der Waals surface area contributed by atoms with Crippen LogP contribution in [0.15, 0.2) is 467 Å². The second kappa shape index (κ2) is 29.4.